The van der Waals surface area contributed by atoms with Crippen LogP contribution in [0.2, 0.25) is 0 Å². The Balaban J connectivity index is 1.63. The van der Waals surface area contributed by atoms with E-state index >= 15 is 0 Å². The average Bonchev–Trinajstić information content (AvgIpc) is 3.21. The normalized spacial score (nSPS) is 18.5. The number of aryl methyl sites for hydroxylation is 1. The van der Waals surface area contributed by atoms with E-state index in [1.54, 1.807) is 12.6 Å². The summed E-state index contributed by atoms with van der Waals surface area (Å²) in [4.78, 5) is 13.8. The number of furan rings is 1. The maximum absolute atomic E-state index is 5.61. The molecule has 0 fully saturated rings. The first-order valence-electron chi connectivity index (χ1n) is 8.82. The van der Waals surface area contributed by atoms with Crippen molar-refractivity contribution < 1.29 is 4.42 Å². The molecule has 3 aromatic heterocycles. The number of fused-ring (bicyclic) bond motifs is 3. The van der Waals surface area contributed by atoms with Gasteiger partial charge in [-0.05, 0) is 57.0 Å². The third-order valence-electron chi connectivity index (χ3n) is 5.05. The Hall–Kier alpha value is -1.92. The lowest BCUT2D eigenvalue weighted by Crippen LogP contribution is -2.26. The Morgan fingerprint density at radius 3 is 3.04 bits per heavy atom. The molecule has 0 radical (unpaired) electrons. The molecule has 0 aromatic carbocycles. The molecule has 0 aliphatic heterocycles. The van der Waals surface area contributed by atoms with E-state index in [0.29, 0.717) is 0 Å². The number of aromatic nitrogens is 2. The van der Waals surface area contributed by atoms with Crippen LogP contribution in [0.25, 0.3) is 10.2 Å². The molecule has 0 saturated carbocycles. The van der Waals surface area contributed by atoms with Gasteiger partial charge in [0.05, 0.1) is 17.7 Å². The lowest BCUT2D eigenvalue weighted by Gasteiger charge is -2.23. The van der Waals surface area contributed by atoms with Gasteiger partial charge in [-0.25, -0.2) is 9.97 Å². The van der Waals surface area contributed by atoms with Gasteiger partial charge in [-0.1, -0.05) is 6.92 Å². The summed E-state index contributed by atoms with van der Waals surface area (Å²) in [6, 6.07) is 4.12. The van der Waals surface area contributed by atoms with Crippen molar-refractivity contribution in [2.75, 3.05) is 26.0 Å². The maximum Gasteiger partial charge on any atom is 0.138 e. The first-order chi connectivity index (χ1) is 12.1. The second-order valence-electron chi connectivity index (χ2n) is 7.13. The van der Waals surface area contributed by atoms with Crippen LogP contribution in [0.5, 0.6) is 0 Å². The summed E-state index contributed by atoms with van der Waals surface area (Å²) < 4.78 is 5.61. The Bertz CT molecular complexity index is 856. The van der Waals surface area contributed by atoms with Crippen LogP contribution in [0, 0.1) is 5.92 Å². The molecule has 0 saturated heterocycles. The molecule has 2 unspecified atom stereocenters. The van der Waals surface area contributed by atoms with E-state index < -0.39 is 0 Å². The van der Waals surface area contributed by atoms with E-state index in [2.05, 4.69) is 41.2 Å². The maximum atomic E-state index is 5.61. The average molecular weight is 356 g/mol. The van der Waals surface area contributed by atoms with Gasteiger partial charge in [0.1, 0.15) is 22.7 Å². The first kappa shape index (κ1) is 16.5. The number of likely N-dealkylation sites (N-methyl/N-ethyl adjacent to an activating group) is 1. The van der Waals surface area contributed by atoms with E-state index in [4.69, 9.17) is 4.42 Å². The van der Waals surface area contributed by atoms with Crippen molar-refractivity contribution in [3.63, 3.8) is 0 Å². The Labute approximate surface area is 152 Å². The molecule has 4 rings (SSSR count). The molecule has 5 nitrogen and oxygen atoms in total. The monoisotopic (exact) mass is 356 g/mol. The van der Waals surface area contributed by atoms with Gasteiger partial charge in [-0.3, -0.25) is 4.90 Å². The molecular weight excluding hydrogens is 332 g/mol. The summed E-state index contributed by atoms with van der Waals surface area (Å²) in [6.07, 6.45) is 6.95. The fourth-order valence-electron chi connectivity index (χ4n) is 3.62. The SMILES string of the molecule is CC1CCc2c(sc3ncnc(NCC(c4ccco4)N(C)C)c23)C1. The van der Waals surface area contributed by atoms with Gasteiger partial charge >= 0.3 is 0 Å². The van der Waals surface area contributed by atoms with Gasteiger partial charge in [-0.2, -0.15) is 0 Å². The summed E-state index contributed by atoms with van der Waals surface area (Å²) in [5.41, 5.74) is 1.46. The predicted octanol–water partition coefficient (Wildman–Crippen LogP) is 4.12. The lowest BCUT2D eigenvalue weighted by molar-refractivity contribution is 0.269. The van der Waals surface area contributed by atoms with Crippen LogP contribution in [-0.2, 0) is 12.8 Å². The summed E-state index contributed by atoms with van der Waals surface area (Å²) >= 11 is 1.84. The van der Waals surface area contributed by atoms with Gasteiger partial charge in [0.2, 0.25) is 0 Å². The zero-order chi connectivity index (χ0) is 17.4. The van der Waals surface area contributed by atoms with Crippen molar-refractivity contribution in [3.05, 3.63) is 40.9 Å². The molecule has 0 bridgehead atoms. The van der Waals surface area contributed by atoms with Crippen molar-refractivity contribution >= 4 is 27.4 Å². The van der Waals surface area contributed by atoms with Crippen molar-refractivity contribution in [1.29, 1.82) is 0 Å². The quantitative estimate of drug-likeness (QED) is 0.745. The number of hydrogen-bond acceptors (Lipinski definition) is 6. The van der Waals surface area contributed by atoms with E-state index in [1.165, 1.54) is 28.7 Å². The third kappa shape index (κ3) is 3.16. The molecular formula is C19H24N4OS. The predicted molar refractivity (Wildman–Crippen MR) is 102 cm³/mol. The number of nitrogens with zero attached hydrogens (tertiary/aromatic N) is 3. The summed E-state index contributed by atoms with van der Waals surface area (Å²) in [7, 11) is 4.14. The molecule has 132 valence electrons. The summed E-state index contributed by atoms with van der Waals surface area (Å²) in [5, 5.41) is 4.79. The van der Waals surface area contributed by atoms with Gasteiger partial charge in [0, 0.05) is 11.4 Å². The van der Waals surface area contributed by atoms with Crippen LogP contribution in [0.1, 0.15) is 35.6 Å². The molecule has 1 aliphatic carbocycles. The Kier molecular flexibility index (Phi) is 4.48. The van der Waals surface area contributed by atoms with Crippen LogP contribution < -0.4 is 5.32 Å². The summed E-state index contributed by atoms with van der Waals surface area (Å²) in [5.74, 6) is 2.68. The number of thiophene rings is 1. The highest BCUT2D eigenvalue weighted by Crippen LogP contribution is 2.39. The van der Waals surface area contributed by atoms with E-state index in [9.17, 15) is 0 Å². The third-order valence-corrected chi connectivity index (χ3v) is 6.21. The molecule has 0 amide bonds. The van der Waals surface area contributed by atoms with E-state index in [1.807, 2.05) is 23.5 Å². The fraction of sp³-hybridized carbons (Fsp3) is 0.474. The zero-order valence-electron chi connectivity index (χ0n) is 15.0. The molecule has 2 atom stereocenters. The minimum Gasteiger partial charge on any atom is -0.468 e. The zero-order valence-corrected chi connectivity index (χ0v) is 15.8. The lowest BCUT2D eigenvalue weighted by atomic mass is 9.89. The standard InChI is InChI=1S/C19H24N4OS/c1-12-6-7-13-16(9-12)25-19-17(13)18(21-11-22-19)20-10-14(23(2)3)15-5-4-8-24-15/h4-5,8,11-12,14H,6-7,9-10H2,1-3H3,(H,20,21,22). The second kappa shape index (κ2) is 6.77. The van der Waals surface area contributed by atoms with Gasteiger partial charge in [0.15, 0.2) is 0 Å². The molecule has 3 aromatic rings. The molecule has 6 heteroatoms. The van der Waals surface area contributed by atoms with E-state index in [0.717, 1.165) is 35.3 Å². The highest BCUT2D eigenvalue weighted by molar-refractivity contribution is 7.19. The van der Waals surface area contributed by atoms with Gasteiger partial charge < -0.3 is 9.73 Å². The molecule has 3 heterocycles. The Morgan fingerprint density at radius 1 is 1.40 bits per heavy atom. The molecule has 1 N–H and O–H groups in total. The van der Waals surface area contributed by atoms with Crippen LogP contribution >= 0.6 is 11.3 Å². The van der Waals surface area contributed by atoms with Crippen molar-refractivity contribution in [3.8, 4) is 0 Å². The summed E-state index contributed by atoms with van der Waals surface area (Å²) in [6.45, 7) is 3.08. The molecule has 25 heavy (non-hydrogen) atoms. The number of nitrogens with one attached hydrogen (secondary N) is 1. The number of hydrogen-bond donors (Lipinski definition) is 1. The van der Waals surface area contributed by atoms with Crippen LogP contribution in [0.3, 0.4) is 0 Å². The van der Waals surface area contributed by atoms with Crippen molar-refractivity contribution in [2.24, 2.45) is 5.92 Å². The number of rotatable bonds is 5. The second-order valence-corrected chi connectivity index (χ2v) is 8.21. The van der Waals surface area contributed by atoms with Crippen molar-refractivity contribution in [2.45, 2.75) is 32.2 Å². The fourth-order valence-corrected chi connectivity index (χ4v) is 4.97. The van der Waals surface area contributed by atoms with Crippen LogP contribution in [-0.4, -0.2) is 35.5 Å². The first-order valence-corrected chi connectivity index (χ1v) is 9.64. The topological polar surface area (TPSA) is 54.2 Å². The highest BCUT2D eigenvalue weighted by Gasteiger charge is 2.24. The van der Waals surface area contributed by atoms with Gasteiger partial charge in [-0.15, -0.1) is 11.3 Å². The molecule has 0 spiro atoms. The minimum atomic E-state index is 0.162. The number of anilines is 1. The van der Waals surface area contributed by atoms with Crippen LogP contribution in [0.4, 0.5) is 5.82 Å². The van der Waals surface area contributed by atoms with Crippen LogP contribution in [0.15, 0.2) is 29.1 Å². The molecule has 1 aliphatic rings. The largest absolute Gasteiger partial charge is 0.468 e. The minimum absolute atomic E-state index is 0.162. The Morgan fingerprint density at radius 2 is 2.28 bits per heavy atom. The van der Waals surface area contributed by atoms with E-state index in [-0.39, 0.29) is 6.04 Å². The van der Waals surface area contributed by atoms with Crippen molar-refractivity contribution in [1.82, 2.24) is 14.9 Å². The highest BCUT2D eigenvalue weighted by atomic mass is 32.1. The van der Waals surface area contributed by atoms with Gasteiger partial charge in [0.25, 0.3) is 0 Å². The smallest absolute Gasteiger partial charge is 0.138 e.